The average Bonchev–Trinajstić information content (AvgIpc) is 3.32. The molecule has 2 aromatic heterocycles. The van der Waals surface area contributed by atoms with Gasteiger partial charge in [-0.05, 0) is 45.4 Å². The van der Waals surface area contributed by atoms with Crippen molar-refractivity contribution in [2.75, 3.05) is 12.4 Å². The Morgan fingerprint density at radius 3 is 2.58 bits per heavy atom. The molecule has 1 aromatic carbocycles. The second-order valence-electron chi connectivity index (χ2n) is 9.20. The normalized spacial score (nSPS) is 15.4. The molecule has 3 N–H and O–H groups in total. The quantitative estimate of drug-likeness (QED) is 0.446. The lowest BCUT2D eigenvalue weighted by Gasteiger charge is -2.34. The predicted octanol–water partition coefficient (Wildman–Crippen LogP) is 3.39. The number of benzene rings is 1. The third-order valence-electron chi connectivity index (χ3n) is 6.08. The Hall–Kier alpha value is -3.87. The fourth-order valence-electron chi connectivity index (χ4n) is 4.22. The number of H-pyrrole nitrogens is 1. The minimum absolute atomic E-state index is 0.0777. The van der Waals surface area contributed by atoms with E-state index in [-0.39, 0.29) is 42.0 Å². The van der Waals surface area contributed by atoms with Gasteiger partial charge in [0.1, 0.15) is 5.82 Å². The van der Waals surface area contributed by atoms with Gasteiger partial charge in [0.15, 0.2) is 5.69 Å². The van der Waals surface area contributed by atoms with Crippen LogP contribution >= 0.6 is 11.6 Å². The third kappa shape index (κ3) is 5.10. The average molecular weight is 552 g/mol. The van der Waals surface area contributed by atoms with Crippen molar-refractivity contribution in [2.24, 2.45) is 0 Å². The van der Waals surface area contributed by atoms with Crippen LogP contribution in [0.4, 0.5) is 19.1 Å². The van der Waals surface area contributed by atoms with Crippen molar-refractivity contribution >= 4 is 29.4 Å². The first-order chi connectivity index (χ1) is 17.8. The number of halogens is 4. The van der Waals surface area contributed by atoms with Crippen LogP contribution in [-0.2, 0) is 19.1 Å². The van der Waals surface area contributed by atoms with Gasteiger partial charge in [0.05, 0.1) is 22.8 Å². The molecule has 2 amide bonds. The maximum absolute atomic E-state index is 13.6. The van der Waals surface area contributed by atoms with Crippen molar-refractivity contribution in [3.05, 3.63) is 67.7 Å². The SMILES string of the molecule is CNC(=O)c1cc(-n2c(NC(C)C)nc3c(c2=O)C[C@@H](C)N(C(=O)c2ccc(Cl)c(C(F)(F)F)c2)C3)[nH]n1. The summed E-state index contributed by atoms with van der Waals surface area (Å²) in [6.07, 6.45) is -4.60. The second kappa shape index (κ2) is 10.1. The highest BCUT2D eigenvalue weighted by Crippen LogP contribution is 2.35. The molecule has 38 heavy (non-hydrogen) atoms. The molecule has 0 bridgehead atoms. The lowest BCUT2D eigenvalue weighted by atomic mass is 9.98. The number of amides is 2. The summed E-state index contributed by atoms with van der Waals surface area (Å²) < 4.78 is 41.3. The van der Waals surface area contributed by atoms with E-state index in [4.69, 9.17) is 11.6 Å². The lowest BCUT2D eigenvalue weighted by Crippen LogP contribution is -2.46. The van der Waals surface area contributed by atoms with Gasteiger partial charge < -0.3 is 15.5 Å². The van der Waals surface area contributed by atoms with Gasteiger partial charge in [0.2, 0.25) is 5.95 Å². The van der Waals surface area contributed by atoms with Crippen LogP contribution in [0.2, 0.25) is 5.02 Å². The molecule has 4 rings (SSSR count). The van der Waals surface area contributed by atoms with E-state index in [2.05, 4.69) is 25.8 Å². The molecule has 0 saturated carbocycles. The smallest absolute Gasteiger partial charge is 0.354 e. The first-order valence-corrected chi connectivity index (χ1v) is 12.1. The van der Waals surface area contributed by atoms with Gasteiger partial charge in [-0.1, -0.05) is 11.6 Å². The summed E-state index contributed by atoms with van der Waals surface area (Å²) in [7, 11) is 1.46. The van der Waals surface area contributed by atoms with Crippen LogP contribution in [0.5, 0.6) is 0 Å². The number of fused-ring (bicyclic) bond motifs is 1. The molecule has 0 radical (unpaired) electrons. The largest absolute Gasteiger partial charge is 0.417 e. The molecule has 0 spiro atoms. The summed E-state index contributed by atoms with van der Waals surface area (Å²) in [5, 5.41) is 11.7. The van der Waals surface area contributed by atoms with Crippen molar-refractivity contribution in [3.63, 3.8) is 0 Å². The molecule has 1 aliphatic heterocycles. The Balaban J connectivity index is 1.75. The van der Waals surface area contributed by atoms with Gasteiger partial charge in [-0.15, -0.1) is 0 Å². The molecular formula is C24H25ClF3N7O3. The number of hydrogen-bond acceptors (Lipinski definition) is 6. The first kappa shape index (κ1) is 27.2. The van der Waals surface area contributed by atoms with E-state index in [9.17, 15) is 27.6 Å². The van der Waals surface area contributed by atoms with E-state index < -0.39 is 40.2 Å². The van der Waals surface area contributed by atoms with Crippen LogP contribution in [0.15, 0.2) is 29.1 Å². The molecule has 10 nitrogen and oxygen atoms in total. The van der Waals surface area contributed by atoms with Crippen molar-refractivity contribution < 1.29 is 22.8 Å². The van der Waals surface area contributed by atoms with Crippen LogP contribution < -0.4 is 16.2 Å². The van der Waals surface area contributed by atoms with Crippen molar-refractivity contribution in [2.45, 2.75) is 52.0 Å². The number of alkyl halides is 3. The van der Waals surface area contributed by atoms with Crippen LogP contribution in [0.3, 0.4) is 0 Å². The van der Waals surface area contributed by atoms with E-state index in [1.165, 1.54) is 28.6 Å². The number of aromatic amines is 1. The monoisotopic (exact) mass is 551 g/mol. The number of nitrogens with one attached hydrogen (secondary N) is 3. The molecule has 202 valence electrons. The van der Waals surface area contributed by atoms with E-state index in [0.29, 0.717) is 11.3 Å². The minimum atomic E-state index is -4.72. The minimum Gasteiger partial charge on any atom is -0.354 e. The van der Waals surface area contributed by atoms with Gasteiger partial charge in [0, 0.05) is 36.3 Å². The van der Waals surface area contributed by atoms with Gasteiger partial charge in [0.25, 0.3) is 17.4 Å². The van der Waals surface area contributed by atoms with Gasteiger partial charge in [-0.25, -0.2) is 9.55 Å². The van der Waals surface area contributed by atoms with Crippen LogP contribution in [-0.4, -0.2) is 55.6 Å². The van der Waals surface area contributed by atoms with Crippen molar-refractivity contribution in [3.8, 4) is 5.82 Å². The highest BCUT2D eigenvalue weighted by atomic mass is 35.5. The fourth-order valence-corrected chi connectivity index (χ4v) is 4.45. The summed E-state index contributed by atoms with van der Waals surface area (Å²) in [6.45, 7) is 5.30. The fraction of sp³-hybridized carbons (Fsp3) is 0.375. The van der Waals surface area contributed by atoms with Crippen molar-refractivity contribution in [1.29, 1.82) is 0 Å². The molecule has 0 saturated heterocycles. The number of aromatic nitrogens is 4. The second-order valence-corrected chi connectivity index (χ2v) is 9.60. The third-order valence-corrected chi connectivity index (χ3v) is 6.41. The Morgan fingerprint density at radius 2 is 1.95 bits per heavy atom. The highest BCUT2D eigenvalue weighted by Gasteiger charge is 2.36. The molecule has 3 aromatic rings. The summed E-state index contributed by atoms with van der Waals surface area (Å²) in [4.78, 5) is 44.9. The summed E-state index contributed by atoms with van der Waals surface area (Å²) >= 11 is 5.71. The zero-order valence-electron chi connectivity index (χ0n) is 20.9. The van der Waals surface area contributed by atoms with Gasteiger partial charge in [-0.2, -0.15) is 18.3 Å². The molecule has 0 fully saturated rings. The Bertz CT molecular complexity index is 1470. The molecular weight excluding hydrogens is 527 g/mol. The van der Waals surface area contributed by atoms with Crippen LogP contribution in [0, 0.1) is 0 Å². The highest BCUT2D eigenvalue weighted by molar-refractivity contribution is 6.31. The Labute approximate surface area is 220 Å². The first-order valence-electron chi connectivity index (χ1n) is 11.7. The van der Waals surface area contributed by atoms with Crippen LogP contribution in [0.1, 0.15) is 58.4 Å². The molecule has 0 unspecified atom stereocenters. The summed E-state index contributed by atoms with van der Waals surface area (Å²) in [6, 6.07) is 3.77. The Kier molecular flexibility index (Phi) is 7.24. The molecule has 3 heterocycles. The zero-order valence-corrected chi connectivity index (χ0v) is 21.7. The Morgan fingerprint density at radius 1 is 1.24 bits per heavy atom. The maximum atomic E-state index is 13.6. The molecule has 14 heteroatoms. The van der Waals surface area contributed by atoms with E-state index in [1.54, 1.807) is 6.92 Å². The topological polar surface area (TPSA) is 125 Å². The van der Waals surface area contributed by atoms with E-state index >= 15 is 0 Å². The number of nitrogens with zero attached hydrogens (tertiary/aromatic N) is 4. The predicted molar refractivity (Wildman–Crippen MR) is 134 cm³/mol. The van der Waals surface area contributed by atoms with E-state index in [1.807, 2.05) is 13.8 Å². The van der Waals surface area contributed by atoms with Gasteiger partial charge >= 0.3 is 6.18 Å². The molecule has 1 atom stereocenters. The number of carbonyl (C=O) groups is 2. The summed E-state index contributed by atoms with van der Waals surface area (Å²) in [5.41, 5.74) is -0.958. The summed E-state index contributed by atoms with van der Waals surface area (Å²) in [5.74, 6) is -0.704. The van der Waals surface area contributed by atoms with Gasteiger partial charge in [-0.3, -0.25) is 19.5 Å². The number of rotatable bonds is 5. The number of hydrogen-bond donors (Lipinski definition) is 3. The van der Waals surface area contributed by atoms with Crippen LogP contribution in [0.25, 0.3) is 5.82 Å². The maximum Gasteiger partial charge on any atom is 0.417 e. The lowest BCUT2D eigenvalue weighted by molar-refractivity contribution is -0.137. The molecule has 1 aliphatic rings. The standard InChI is InChI=1S/C24H25ClF3N7O3/c1-11(2)30-23-31-18-10-34(21(37)13-5-6-16(25)15(8-13)24(26,27)28)12(3)7-14(18)22(38)35(23)19-9-17(32-33-19)20(36)29-4/h5-6,8-9,11-12H,7,10H2,1-4H3,(H,29,36)(H,30,31)(H,32,33)/t12-/m1/s1. The van der Waals surface area contributed by atoms with Crippen molar-refractivity contribution in [1.82, 2.24) is 30.0 Å². The zero-order chi connectivity index (χ0) is 27.9. The van der Waals surface area contributed by atoms with E-state index in [0.717, 1.165) is 12.1 Å². The number of anilines is 1. The number of carbonyl (C=O) groups excluding carboxylic acids is 2. The molecule has 0 aliphatic carbocycles.